The molecule has 0 aromatic carbocycles. The fraction of sp³-hybridized carbons (Fsp3) is 0.800. The second kappa shape index (κ2) is 14.8. The summed E-state index contributed by atoms with van der Waals surface area (Å²) < 4.78 is 21.6. The van der Waals surface area contributed by atoms with Crippen molar-refractivity contribution in [1.29, 1.82) is 0 Å². The minimum absolute atomic E-state index is 0.0653. The molecule has 1 amide bonds. The molecule has 0 heterocycles. The molecule has 0 aromatic heterocycles. The standard InChI is InChI=1S/C20H35NO8/c1-7-17(22)21-15(11-26-18(23)8-2)13(5)28-16(12-27-19(24)9-3)14(6)29-20(25)10-4/h13-16H,7-12H2,1-6H3,(H,21,22)/t13?,14-,15-,16?/m0/s1. The average molecular weight is 417 g/mol. The van der Waals surface area contributed by atoms with E-state index in [2.05, 4.69) is 5.32 Å². The number of ether oxygens (including phenoxy) is 4. The summed E-state index contributed by atoms with van der Waals surface area (Å²) in [7, 11) is 0. The first-order valence-corrected chi connectivity index (χ1v) is 10.1. The van der Waals surface area contributed by atoms with Crippen molar-refractivity contribution in [2.45, 2.75) is 91.6 Å². The zero-order chi connectivity index (χ0) is 22.4. The van der Waals surface area contributed by atoms with E-state index in [1.54, 1.807) is 41.5 Å². The van der Waals surface area contributed by atoms with E-state index >= 15 is 0 Å². The van der Waals surface area contributed by atoms with Gasteiger partial charge >= 0.3 is 17.9 Å². The van der Waals surface area contributed by atoms with Crippen molar-refractivity contribution in [1.82, 2.24) is 5.32 Å². The normalized spacial score (nSPS) is 14.8. The zero-order valence-electron chi connectivity index (χ0n) is 18.3. The molecule has 0 aliphatic carbocycles. The highest BCUT2D eigenvalue weighted by molar-refractivity contribution is 5.76. The molecule has 0 aromatic rings. The molecule has 0 saturated carbocycles. The van der Waals surface area contributed by atoms with Gasteiger partial charge in [-0.2, -0.15) is 0 Å². The minimum atomic E-state index is -0.751. The molecular formula is C20H35NO8. The maximum Gasteiger partial charge on any atom is 0.305 e. The highest BCUT2D eigenvalue weighted by atomic mass is 16.6. The van der Waals surface area contributed by atoms with Crippen LogP contribution in [0, 0.1) is 0 Å². The van der Waals surface area contributed by atoms with Crippen LogP contribution in [0.1, 0.15) is 67.2 Å². The predicted octanol–water partition coefficient (Wildman–Crippen LogP) is 1.90. The van der Waals surface area contributed by atoms with Gasteiger partial charge in [0.2, 0.25) is 5.91 Å². The van der Waals surface area contributed by atoms with Crippen molar-refractivity contribution >= 4 is 23.8 Å². The SMILES string of the molecule is CCC(=O)N[C@@H](COC(=O)CC)C(C)OC(COC(=O)CC)[C@H](C)OC(=O)CC. The zero-order valence-corrected chi connectivity index (χ0v) is 18.3. The van der Waals surface area contributed by atoms with Crippen LogP contribution in [0.4, 0.5) is 0 Å². The third kappa shape index (κ3) is 11.4. The molecule has 0 radical (unpaired) electrons. The largest absolute Gasteiger partial charge is 0.463 e. The summed E-state index contributed by atoms with van der Waals surface area (Å²) in [5.74, 6) is -1.44. The van der Waals surface area contributed by atoms with Crippen LogP contribution in [0.2, 0.25) is 0 Å². The lowest BCUT2D eigenvalue weighted by atomic mass is 10.1. The molecule has 0 saturated heterocycles. The van der Waals surface area contributed by atoms with Gasteiger partial charge in [-0.3, -0.25) is 19.2 Å². The average Bonchev–Trinajstić information content (AvgIpc) is 2.72. The summed E-state index contributed by atoms with van der Waals surface area (Å²) >= 11 is 0. The Bertz CT molecular complexity index is 537. The molecule has 1 N–H and O–H groups in total. The fourth-order valence-electron chi connectivity index (χ4n) is 2.19. The summed E-state index contributed by atoms with van der Waals surface area (Å²) in [6.07, 6.45) is -1.18. The molecule has 168 valence electrons. The van der Waals surface area contributed by atoms with Gasteiger partial charge in [-0.1, -0.05) is 27.7 Å². The number of carbonyl (C=O) groups is 4. The van der Waals surface area contributed by atoms with Gasteiger partial charge in [0.1, 0.15) is 25.4 Å². The van der Waals surface area contributed by atoms with Gasteiger partial charge in [0.05, 0.1) is 12.1 Å². The first-order chi connectivity index (χ1) is 13.7. The van der Waals surface area contributed by atoms with E-state index in [4.69, 9.17) is 18.9 Å². The quantitative estimate of drug-likeness (QED) is 0.336. The summed E-state index contributed by atoms with van der Waals surface area (Å²) in [5, 5.41) is 2.76. The van der Waals surface area contributed by atoms with Crippen LogP contribution in [0.15, 0.2) is 0 Å². The third-order valence-electron chi connectivity index (χ3n) is 4.16. The van der Waals surface area contributed by atoms with E-state index in [-0.39, 0.29) is 44.8 Å². The summed E-state index contributed by atoms with van der Waals surface area (Å²) in [6, 6.07) is -0.614. The van der Waals surface area contributed by atoms with Crippen LogP contribution in [-0.4, -0.2) is 61.4 Å². The van der Waals surface area contributed by atoms with Gasteiger partial charge in [-0.15, -0.1) is 0 Å². The second-order valence-corrected chi connectivity index (χ2v) is 6.53. The van der Waals surface area contributed by atoms with Crippen LogP contribution >= 0.6 is 0 Å². The van der Waals surface area contributed by atoms with E-state index in [0.29, 0.717) is 0 Å². The van der Waals surface area contributed by atoms with Crippen molar-refractivity contribution < 1.29 is 38.1 Å². The highest BCUT2D eigenvalue weighted by Crippen LogP contribution is 2.13. The number of nitrogens with one attached hydrogen (secondary N) is 1. The minimum Gasteiger partial charge on any atom is -0.463 e. The lowest BCUT2D eigenvalue weighted by Gasteiger charge is -2.31. The van der Waals surface area contributed by atoms with Gasteiger partial charge in [-0.25, -0.2) is 0 Å². The smallest absolute Gasteiger partial charge is 0.305 e. The van der Waals surface area contributed by atoms with Gasteiger partial charge in [0.25, 0.3) is 0 Å². The van der Waals surface area contributed by atoms with Crippen LogP contribution in [0.5, 0.6) is 0 Å². The number of esters is 3. The van der Waals surface area contributed by atoms with Gasteiger partial charge in [-0.05, 0) is 13.8 Å². The third-order valence-corrected chi connectivity index (χ3v) is 4.16. The number of carbonyl (C=O) groups excluding carboxylic acids is 4. The van der Waals surface area contributed by atoms with Crippen LogP contribution in [-0.2, 0) is 38.1 Å². The van der Waals surface area contributed by atoms with Crippen molar-refractivity contribution in [3.05, 3.63) is 0 Å². The van der Waals surface area contributed by atoms with Crippen molar-refractivity contribution in [2.75, 3.05) is 13.2 Å². The van der Waals surface area contributed by atoms with Crippen molar-refractivity contribution in [3.63, 3.8) is 0 Å². The Morgan fingerprint density at radius 1 is 0.724 bits per heavy atom. The molecule has 0 aliphatic rings. The highest BCUT2D eigenvalue weighted by Gasteiger charge is 2.29. The van der Waals surface area contributed by atoms with Crippen LogP contribution in [0.3, 0.4) is 0 Å². The molecule has 0 spiro atoms. The Labute approximate surface area is 172 Å². The molecule has 9 heteroatoms. The van der Waals surface area contributed by atoms with E-state index in [1.807, 2.05) is 0 Å². The summed E-state index contributed by atoms with van der Waals surface area (Å²) in [4.78, 5) is 46.5. The van der Waals surface area contributed by atoms with Gasteiger partial charge < -0.3 is 24.3 Å². The fourth-order valence-corrected chi connectivity index (χ4v) is 2.19. The number of rotatable bonds is 14. The lowest BCUT2D eigenvalue weighted by molar-refractivity contribution is -0.171. The Balaban J connectivity index is 5.23. The Morgan fingerprint density at radius 2 is 1.24 bits per heavy atom. The summed E-state index contributed by atoms with van der Waals surface area (Å²) in [5.41, 5.74) is 0. The molecule has 0 aliphatic heterocycles. The monoisotopic (exact) mass is 417 g/mol. The van der Waals surface area contributed by atoms with Gasteiger partial charge in [0, 0.05) is 25.7 Å². The molecular weight excluding hydrogens is 382 g/mol. The van der Waals surface area contributed by atoms with Crippen LogP contribution < -0.4 is 5.32 Å². The maximum absolute atomic E-state index is 11.9. The number of hydrogen-bond donors (Lipinski definition) is 1. The first kappa shape index (κ1) is 26.8. The molecule has 0 bridgehead atoms. The Morgan fingerprint density at radius 3 is 1.72 bits per heavy atom. The molecule has 2 unspecified atom stereocenters. The topological polar surface area (TPSA) is 117 Å². The molecule has 9 nitrogen and oxygen atoms in total. The second-order valence-electron chi connectivity index (χ2n) is 6.53. The Kier molecular flexibility index (Phi) is 13.7. The van der Waals surface area contributed by atoms with Crippen LogP contribution in [0.25, 0.3) is 0 Å². The number of amides is 1. The van der Waals surface area contributed by atoms with Crippen molar-refractivity contribution in [2.24, 2.45) is 0 Å². The molecule has 29 heavy (non-hydrogen) atoms. The van der Waals surface area contributed by atoms with E-state index in [1.165, 1.54) is 0 Å². The lowest BCUT2D eigenvalue weighted by Crippen LogP contribution is -2.49. The Hall–Kier alpha value is -2.16. The van der Waals surface area contributed by atoms with Crippen molar-refractivity contribution in [3.8, 4) is 0 Å². The summed E-state index contributed by atoms with van der Waals surface area (Å²) in [6.45, 7) is 9.87. The predicted molar refractivity (Wildman–Crippen MR) is 105 cm³/mol. The van der Waals surface area contributed by atoms with E-state index in [0.717, 1.165) is 0 Å². The van der Waals surface area contributed by atoms with E-state index in [9.17, 15) is 19.2 Å². The molecule has 4 atom stereocenters. The van der Waals surface area contributed by atoms with E-state index < -0.39 is 42.3 Å². The molecule has 0 rings (SSSR count). The number of hydrogen-bond acceptors (Lipinski definition) is 8. The van der Waals surface area contributed by atoms with Gasteiger partial charge in [0.15, 0.2) is 0 Å². The maximum atomic E-state index is 11.9. The molecule has 0 fully saturated rings. The first-order valence-electron chi connectivity index (χ1n) is 10.1.